The minimum absolute atomic E-state index is 0.170. The highest BCUT2D eigenvalue weighted by Gasteiger charge is 2.31. The van der Waals surface area contributed by atoms with Crippen LogP contribution in [0.4, 0.5) is 0 Å². The molecule has 1 aromatic heterocycles. The summed E-state index contributed by atoms with van der Waals surface area (Å²) in [5.74, 6) is 0.170. The lowest BCUT2D eigenvalue weighted by Crippen LogP contribution is -2.51. The summed E-state index contributed by atoms with van der Waals surface area (Å²) < 4.78 is 28.2. The minimum Gasteiger partial charge on any atom is -0.342 e. The van der Waals surface area contributed by atoms with Gasteiger partial charge < -0.3 is 4.90 Å². The van der Waals surface area contributed by atoms with Gasteiger partial charge in [0.1, 0.15) is 0 Å². The SMILES string of the molecule is Cc1ccc(S(=O)(=O)N2CCN(CC(=O)N3CCCCCC3)CC2)c2cccnc12. The Bertz CT molecular complexity index is 1010. The molecule has 0 radical (unpaired) electrons. The van der Waals surface area contributed by atoms with Gasteiger partial charge in [-0.1, -0.05) is 18.9 Å². The lowest BCUT2D eigenvalue weighted by atomic mass is 10.1. The standard InChI is InChI=1S/C22H30N4O3S/c1-18-8-9-20(19-7-6-10-23-22(18)19)30(28,29)26-15-13-24(14-16-26)17-21(27)25-11-4-2-3-5-12-25/h6-10H,2-5,11-17H2,1H3. The molecule has 0 N–H and O–H groups in total. The number of aryl methyl sites for hydroxylation is 1. The van der Waals surface area contributed by atoms with Gasteiger partial charge in [-0.25, -0.2) is 8.42 Å². The number of fused-ring (bicyclic) bond motifs is 1. The molecule has 30 heavy (non-hydrogen) atoms. The van der Waals surface area contributed by atoms with Crippen molar-refractivity contribution in [1.29, 1.82) is 0 Å². The molecule has 2 aliphatic rings. The van der Waals surface area contributed by atoms with E-state index in [4.69, 9.17) is 0 Å². The van der Waals surface area contributed by atoms with Gasteiger partial charge in [-0.15, -0.1) is 0 Å². The maximum absolute atomic E-state index is 13.3. The quantitative estimate of drug-likeness (QED) is 0.744. The monoisotopic (exact) mass is 430 g/mol. The molecule has 7 nitrogen and oxygen atoms in total. The summed E-state index contributed by atoms with van der Waals surface area (Å²) in [4.78, 5) is 21.4. The van der Waals surface area contributed by atoms with Crippen LogP contribution >= 0.6 is 0 Å². The molecule has 0 saturated carbocycles. The van der Waals surface area contributed by atoms with Gasteiger partial charge in [-0.3, -0.25) is 14.7 Å². The second-order valence-electron chi connectivity index (χ2n) is 8.26. The summed E-state index contributed by atoms with van der Waals surface area (Å²) in [5, 5.41) is 0.663. The van der Waals surface area contributed by atoms with Crippen LogP contribution in [0.1, 0.15) is 31.2 Å². The maximum atomic E-state index is 13.3. The number of aromatic nitrogens is 1. The molecule has 0 spiro atoms. The number of amides is 1. The van der Waals surface area contributed by atoms with Crippen LogP contribution < -0.4 is 0 Å². The number of carbonyl (C=O) groups is 1. The van der Waals surface area contributed by atoms with Crippen LogP contribution in [0.2, 0.25) is 0 Å². The van der Waals surface area contributed by atoms with Crippen molar-refractivity contribution in [2.75, 3.05) is 45.8 Å². The van der Waals surface area contributed by atoms with E-state index in [0.717, 1.165) is 37.0 Å². The Morgan fingerprint density at radius 1 is 0.967 bits per heavy atom. The number of carbonyl (C=O) groups excluding carboxylic acids is 1. The first kappa shape index (κ1) is 21.2. The van der Waals surface area contributed by atoms with Gasteiger partial charge in [0.15, 0.2) is 0 Å². The fourth-order valence-electron chi connectivity index (χ4n) is 4.39. The van der Waals surface area contributed by atoms with Crippen molar-refractivity contribution in [3.05, 3.63) is 36.0 Å². The topological polar surface area (TPSA) is 73.8 Å². The Hall–Kier alpha value is -2.03. The summed E-state index contributed by atoms with van der Waals surface area (Å²) in [6.07, 6.45) is 6.24. The number of hydrogen-bond donors (Lipinski definition) is 0. The molecule has 4 rings (SSSR count). The van der Waals surface area contributed by atoms with Crippen molar-refractivity contribution >= 4 is 26.8 Å². The zero-order valence-electron chi connectivity index (χ0n) is 17.6. The highest BCUT2D eigenvalue weighted by Crippen LogP contribution is 2.27. The number of piperazine rings is 1. The number of likely N-dealkylation sites (tertiary alicyclic amines) is 1. The average Bonchev–Trinajstić information content (AvgIpc) is 3.04. The van der Waals surface area contributed by atoms with Crippen molar-refractivity contribution in [2.45, 2.75) is 37.5 Å². The molecule has 2 aromatic rings. The fourth-order valence-corrected chi connectivity index (χ4v) is 6.00. The fraction of sp³-hybridized carbons (Fsp3) is 0.545. The van der Waals surface area contributed by atoms with Crippen LogP contribution in [0.15, 0.2) is 35.4 Å². The van der Waals surface area contributed by atoms with E-state index in [2.05, 4.69) is 9.88 Å². The minimum atomic E-state index is -3.61. The Morgan fingerprint density at radius 2 is 1.67 bits per heavy atom. The van der Waals surface area contributed by atoms with Crippen LogP contribution in [0.5, 0.6) is 0 Å². The second-order valence-corrected chi connectivity index (χ2v) is 10.2. The molecule has 162 valence electrons. The Balaban J connectivity index is 1.42. The third kappa shape index (κ3) is 4.36. The van der Waals surface area contributed by atoms with E-state index in [0.29, 0.717) is 43.0 Å². The van der Waals surface area contributed by atoms with Crippen LogP contribution in [0, 0.1) is 6.92 Å². The van der Waals surface area contributed by atoms with Crippen molar-refractivity contribution in [2.24, 2.45) is 0 Å². The van der Waals surface area contributed by atoms with E-state index < -0.39 is 10.0 Å². The van der Waals surface area contributed by atoms with Gasteiger partial charge in [-0.05, 0) is 43.5 Å². The molecule has 3 heterocycles. The highest BCUT2D eigenvalue weighted by atomic mass is 32.2. The number of pyridine rings is 1. The van der Waals surface area contributed by atoms with Gasteiger partial charge in [-0.2, -0.15) is 4.31 Å². The molecular weight excluding hydrogens is 400 g/mol. The van der Waals surface area contributed by atoms with E-state index in [9.17, 15) is 13.2 Å². The average molecular weight is 431 g/mol. The third-order valence-electron chi connectivity index (χ3n) is 6.20. The smallest absolute Gasteiger partial charge is 0.243 e. The highest BCUT2D eigenvalue weighted by molar-refractivity contribution is 7.89. The lowest BCUT2D eigenvalue weighted by Gasteiger charge is -2.34. The molecule has 8 heteroatoms. The number of rotatable bonds is 4. The van der Waals surface area contributed by atoms with Crippen molar-refractivity contribution in [1.82, 2.24) is 19.1 Å². The summed E-state index contributed by atoms with van der Waals surface area (Å²) >= 11 is 0. The van der Waals surface area contributed by atoms with Crippen LogP contribution in [-0.2, 0) is 14.8 Å². The molecule has 2 fully saturated rings. The van der Waals surface area contributed by atoms with E-state index in [1.807, 2.05) is 24.0 Å². The Kier molecular flexibility index (Phi) is 6.36. The summed E-state index contributed by atoms with van der Waals surface area (Å²) in [7, 11) is -3.61. The van der Waals surface area contributed by atoms with E-state index in [1.54, 1.807) is 18.3 Å². The molecular formula is C22H30N4O3S. The first-order chi connectivity index (χ1) is 14.5. The predicted octanol–water partition coefficient (Wildman–Crippen LogP) is 2.25. The first-order valence-corrected chi connectivity index (χ1v) is 12.3. The molecule has 1 amide bonds. The largest absolute Gasteiger partial charge is 0.342 e. The molecule has 0 bridgehead atoms. The molecule has 0 atom stereocenters. The van der Waals surface area contributed by atoms with Gasteiger partial charge >= 0.3 is 0 Å². The molecule has 1 aromatic carbocycles. The van der Waals surface area contributed by atoms with E-state index in [-0.39, 0.29) is 5.91 Å². The lowest BCUT2D eigenvalue weighted by molar-refractivity contribution is -0.132. The van der Waals surface area contributed by atoms with Crippen LogP contribution in [0.25, 0.3) is 10.9 Å². The molecule has 0 unspecified atom stereocenters. The molecule has 0 aliphatic carbocycles. The second kappa shape index (κ2) is 8.99. The third-order valence-corrected chi connectivity index (χ3v) is 8.15. The Labute approximate surface area is 178 Å². The van der Waals surface area contributed by atoms with Gasteiger partial charge in [0.25, 0.3) is 0 Å². The maximum Gasteiger partial charge on any atom is 0.243 e. The summed E-state index contributed by atoms with van der Waals surface area (Å²) in [5.41, 5.74) is 1.68. The van der Waals surface area contributed by atoms with Gasteiger partial charge in [0, 0.05) is 50.9 Å². The van der Waals surface area contributed by atoms with Crippen molar-refractivity contribution in [3.8, 4) is 0 Å². The van der Waals surface area contributed by atoms with E-state index in [1.165, 1.54) is 17.1 Å². The summed E-state index contributed by atoms with van der Waals surface area (Å²) in [6, 6.07) is 7.09. The van der Waals surface area contributed by atoms with Crippen molar-refractivity contribution in [3.63, 3.8) is 0 Å². The summed E-state index contributed by atoms with van der Waals surface area (Å²) in [6.45, 7) is 5.94. The normalized spacial score (nSPS) is 19.7. The first-order valence-electron chi connectivity index (χ1n) is 10.8. The number of nitrogens with zero attached hydrogens (tertiary/aromatic N) is 4. The zero-order valence-corrected chi connectivity index (χ0v) is 18.4. The number of hydrogen-bond acceptors (Lipinski definition) is 5. The van der Waals surface area contributed by atoms with Gasteiger partial charge in [0.05, 0.1) is 17.0 Å². The molecule has 2 saturated heterocycles. The predicted molar refractivity (Wildman–Crippen MR) is 117 cm³/mol. The van der Waals surface area contributed by atoms with Gasteiger partial charge in [0.2, 0.25) is 15.9 Å². The molecule has 2 aliphatic heterocycles. The van der Waals surface area contributed by atoms with Crippen LogP contribution in [-0.4, -0.2) is 79.2 Å². The van der Waals surface area contributed by atoms with Crippen LogP contribution in [0.3, 0.4) is 0 Å². The Morgan fingerprint density at radius 3 is 2.37 bits per heavy atom. The number of benzene rings is 1. The number of sulfonamides is 1. The van der Waals surface area contributed by atoms with E-state index >= 15 is 0 Å². The van der Waals surface area contributed by atoms with Crippen molar-refractivity contribution < 1.29 is 13.2 Å². The zero-order chi connectivity index (χ0) is 21.1.